The zero-order valence-electron chi connectivity index (χ0n) is 9.54. The Labute approximate surface area is 114 Å². The summed E-state index contributed by atoms with van der Waals surface area (Å²) in [5.41, 5.74) is 0.278. The van der Waals surface area contributed by atoms with Crippen LogP contribution in [0.15, 0.2) is 18.2 Å². The fraction of sp³-hybridized carbons (Fsp3) is 0.273. The summed E-state index contributed by atoms with van der Waals surface area (Å²) in [5.74, 6) is -1.15. The smallest absolute Gasteiger partial charge is 0.247 e. The van der Waals surface area contributed by atoms with Crippen LogP contribution in [-0.4, -0.2) is 23.6 Å². The summed E-state index contributed by atoms with van der Waals surface area (Å²) in [6, 6.07) is 2.84. The van der Waals surface area contributed by atoms with Crippen molar-refractivity contribution >= 4 is 41.7 Å². The summed E-state index contributed by atoms with van der Waals surface area (Å²) in [5, 5.41) is 5.02. The highest BCUT2D eigenvalue weighted by atomic mass is 35.5. The Kier molecular flexibility index (Phi) is 5.43. The van der Waals surface area contributed by atoms with Crippen molar-refractivity contribution in [1.29, 1.82) is 0 Å². The Balaban J connectivity index is 2.76. The topological polar surface area (TPSA) is 58.2 Å². The second-order valence-corrected chi connectivity index (χ2v) is 4.32. The molecule has 1 aromatic rings. The Morgan fingerprint density at radius 1 is 1.50 bits per heavy atom. The third-order valence-corrected chi connectivity index (χ3v) is 2.74. The van der Waals surface area contributed by atoms with Crippen LogP contribution in [-0.2, 0) is 9.59 Å². The Hall–Kier alpha value is -1.27. The van der Waals surface area contributed by atoms with Crippen molar-refractivity contribution in [3.05, 3.63) is 29.0 Å². The van der Waals surface area contributed by atoms with Crippen molar-refractivity contribution in [3.8, 4) is 0 Å². The third-order valence-electron chi connectivity index (χ3n) is 2.07. The highest BCUT2D eigenvalue weighted by Gasteiger charge is 2.18. The normalized spacial score (nSPS) is 11.8. The van der Waals surface area contributed by atoms with Gasteiger partial charge in [-0.1, -0.05) is 11.6 Å². The van der Waals surface area contributed by atoms with Crippen molar-refractivity contribution < 1.29 is 14.0 Å². The molecule has 0 aliphatic carbocycles. The predicted octanol–water partition coefficient (Wildman–Crippen LogP) is 1.85. The van der Waals surface area contributed by atoms with Gasteiger partial charge in [0.1, 0.15) is 11.9 Å². The van der Waals surface area contributed by atoms with Crippen LogP contribution in [0.2, 0.25) is 5.02 Å². The molecule has 1 aromatic carbocycles. The maximum absolute atomic E-state index is 12.8. The molecule has 18 heavy (non-hydrogen) atoms. The van der Waals surface area contributed by atoms with Gasteiger partial charge in [0.25, 0.3) is 0 Å². The van der Waals surface area contributed by atoms with E-state index in [1.54, 1.807) is 0 Å². The van der Waals surface area contributed by atoms with Gasteiger partial charge >= 0.3 is 0 Å². The quantitative estimate of drug-likeness (QED) is 0.741. The van der Waals surface area contributed by atoms with Gasteiger partial charge in [-0.25, -0.2) is 4.39 Å². The van der Waals surface area contributed by atoms with Gasteiger partial charge in [-0.3, -0.25) is 9.59 Å². The Morgan fingerprint density at radius 2 is 2.17 bits per heavy atom. The molecule has 1 atom stereocenters. The average molecular weight is 291 g/mol. The van der Waals surface area contributed by atoms with Gasteiger partial charge in [-0.05, 0) is 18.2 Å². The second kappa shape index (κ2) is 6.61. The number of anilines is 1. The van der Waals surface area contributed by atoms with Gasteiger partial charge in [-0.15, -0.1) is 0 Å². The standard InChI is InChI=1S/C11H12ClFN2O2S/c1-6(16)14-10(5-18)11(17)15-9-3-2-7(13)4-8(9)12/h2-4,10,18H,5H2,1H3,(H,14,16)(H,15,17). The molecule has 2 N–H and O–H groups in total. The molecule has 0 aromatic heterocycles. The van der Waals surface area contributed by atoms with Crippen molar-refractivity contribution in [2.24, 2.45) is 0 Å². The van der Waals surface area contributed by atoms with E-state index in [1.165, 1.54) is 19.1 Å². The summed E-state index contributed by atoms with van der Waals surface area (Å²) in [4.78, 5) is 22.7. The molecule has 0 heterocycles. The molecule has 1 rings (SSSR count). The first-order valence-corrected chi connectivity index (χ1v) is 6.09. The minimum Gasteiger partial charge on any atom is -0.344 e. The molecule has 2 amide bonds. The van der Waals surface area contributed by atoms with E-state index in [1.807, 2.05) is 0 Å². The summed E-state index contributed by atoms with van der Waals surface area (Å²) < 4.78 is 12.8. The highest BCUT2D eigenvalue weighted by molar-refractivity contribution is 7.80. The summed E-state index contributed by atoms with van der Waals surface area (Å²) in [7, 11) is 0. The Morgan fingerprint density at radius 3 is 2.67 bits per heavy atom. The number of benzene rings is 1. The van der Waals surface area contributed by atoms with E-state index in [0.29, 0.717) is 0 Å². The molecule has 0 radical (unpaired) electrons. The number of amides is 2. The molecule has 0 saturated carbocycles. The molecule has 7 heteroatoms. The van der Waals surface area contributed by atoms with Crippen LogP contribution in [0.4, 0.5) is 10.1 Å². The number of carbonyl (C=O) groups is 2. The van der Waals surface area contributed by atoms with Gasteiger partial charge in [0.15, 0.2) is 0 Å². The first-order valence-electron chi connectivity index (χ1n) is 5.08. The number of hydrogen-bond donors (Lipinski definition) is 3. The van der Waals surface area contributed by atoms with Crippen LogP contribution in [0.1, 0.15) is 6.92 Å². The van der Waals surface area contributed by atoms with E-state index >= 15 is 0 Å². The minimum absolute atomic E-state index is 0.0871. The van der Waals surface area contributed by atoms with Crippen LogP contribution in [0.5, 0.6) is 0 Å². The SMILES string of the molecule is CC(=O)NC(CS)C(=O)Nc1ccc(F)cc1Cl. The van der Waals surface area contributed by atoms with E-state index in [2.05, 4.69) is 23.3 Å². The lowest BCUT2D eigenvalue weighted by Gasteiger charge is -2.15. The van der Waals surface area contributed by atoms with Crippen LogP contribution < -0.4 is 10.6 Å². The number of thiol groups is 1. The molecule has 0 aliphatic heterocycles. The van der Waals surface area contributed by atoms with Crippen molar-refractivity contribution in [2.75, 3.05) is 11.1 Å². The van der Waals surface area contributed by atoms with E-state index in [9.17, 15) is 14.0 Å². The zero-order valence-corrected chi connectivity index (χ0v) is 11.2. The first-order chi connectivity index (χ1) is 8.43. The van der Waals surface area contributed by atoms with E-state index in [-0.39, 0.29) is 22.4 Å². The van der Waals surface area contributed by atoms with Gasteiger partial charge in [0.2, 0.25) is 11.8 Å². The van der Waals surface area contributed by atoms with E-state index in [0.717, 1.165) is 6.07 Å². The lowest BCUT2D eigenvalue weighted by molar-refractivity contribution is -0.124. The van der Waals surface area contributed by atoms with Crippen molar-refractivity contribution in [1.82, 2.24) is 5.32 Å². The predicted molar refractivity (Wildman–Crippen MR) is 71.5 cm³/mol. The van der Waals surface area contributed by atoms with Gasteiger partial charge in [-0.2, -0.15) is 12.6 Å². The average Bonchev–Trinajstić information content (AvgIpc) is 2.29. The van der Waals surface area contributed by atoms with E-state index < -0.39 is 17.8 Å². The van der Waals surface area contributed by atoms with Crippen LogP contribution in [0, 0.1) is 5.82 Å². The number of halogens is 2. The monoisotopic (exact) mass is 290 g/mol. The molecule has 0 bridgehead atoms. The molecule has 0 spiro atoms. The Bertz CT molecular complexity index is 470. The van der Waals surface area contributed by atoms with Crippen LogP contribution in [0.25, 0.3) is 0 Å². The maximum Gasteiger partial charge on any atom is 0.247 e. The summed E-state index contributed by atoms with van der Waals surface area (Å²) in [6.07, 6.45) is 0. The van der Waals surface area contributed by atoms with Crippen LogP contribution in [0.3, 0.4) is 0 Å². The highest BCUT2D eigenvalue weighted by Crippen LogP contribution is 2.22. The lowest BCUT2D eigenvalue weighted by Crippen LogP contribution is -2.44. The molecule has 0 saturated heterocycles. The lowest BCUT2D eigenvalue weighted by atomic mass is 10.2. The molecule has 98 valence electrons. The molecule has 1 unspecified atom stereocenters. The number of nitrogens with one attached hydrogen (secondary N) is 2. The summed E-state index contributed by atoms with van der Waals surface area (Å²) in [6.45, 7) is 1.30. The number of hydrogen-bond acceptors (Lipinski definition) is 3. The summed E-state index contributed by atoms with van der Waals surface area (Å²) >= 11 is 9.74. The maximum atomic E-state index is 12.8. The first kappa shape index (κ1) is 14.8. The largest absolute Gasteiger partial charge is 0.344 e. The molecule has 0 fully saturated rings. The van der Waals surface area contributed by atoms with Crippen molar-refractivity contribution in [2.45, 2.75) is 13.0 Å². The van der Waals surface area contributed by atoms with E-state index in [4.69, 9.17) is 11.6 Å². The van der Waals surface area contributed by atoms with Gasteiger partial charge in [0.05, 0.1) is 10.7 Å². The fourth-order valence-electron chi connectivity index (χ4n) is 1.25. The molecular formula is C11H12ClFN2O2S. The fourth-order valence-corrected chi connectivity index (χ4v) is 1.72. The number of carbonyl (C=O) groups excluding carboxylic acids is 2. The molecular weight excluding hydrogens is 279 g/mol. The number of rotatable bonds is 4. The minimum atomic E-state index is -0.771. The second-order valence-electron chi connectivity index (χ2n) is 3.55. The zero-order chi connectivity index (χ0) is 13.7. The molecule has 4 nitrogen and oxygen atoms in total. The van der Waals surface area contributed by atoms with Crippen molar-refractivity contribution in [3.63, 3.8) is 0 Å². The van der Waals surface area contributed by atoms with Crippen LogP contribution >= 0.6 is 24.2 Å². The molecule has 0 aliphatic rings. The third kappa shape index (κ3) is 4.19. The van der Waals surface area contributed by atoms with Gasteiger partial charge < -0.3 is 10.6 Å². The van der Waals surface area contributed by atoms with Gasteiger partial charge in [0, 0.05) is 12.7 Å².